The normalized spacial score (nSPS) is 16.0. The molecule has 0 aliphatic carbocycles. The molecule has 1 heterocycles. The van der Waals surface area contributed by atoms with Crippen LogP contribution in [0.15, 0.2) is 18.2 Å². The highest BCUT2D eigenvalue weighted by Gasteiger charge is 2.43. The third-order valence-corrected chi connectivity index (χ3v) is 4.06. The van der Waals surface area contributed by atoms with E-state index in [1.54, 1.807) is 0 Å². The molecule has 1 aromatic carbocycles. The van der Waals surface area contributed by atoms with Crippen LogP contribution in [-0.2, 0) is 10.0 Å². The van der Waals surface area contributed by atoms with Crippen molar-refractivity contribution >= 4 is 15.7 Å². The van der Waals surface area contributed by atoms with Crippen LogP contribution in [0.25, 0.3) is 0 Å². The third kappa shape index (κ3) is 4.43. The molecule has 1 aliphatic rings. The van der Waals surface area contributed by atoms with Gasteiger partial charge >= 0.3 is 6.29 Å². The summed E-state index contributed by atoms with van der Waals surface area (Å²) in [6.07, 6.45) is -3.27. The predicted molar refractivity (Wildman–Crippen MR) is 73.2 cm³/mol. The topological polar surface area (TPSA) is 76.7 Å². The lowest BCUT2D eigenvalue weighted by molar-refractivity contribution is -0.286. The number of hydrogen-bond acceptors (Lipinski definition) is 5. The van der Waals surface area contributed by atoms with Gasteiger partial charge in [0.05, 0.1) is 11.4 Å². The molecule has 1 aliphatic heterocycles. The largest absolute Gasteiger partial charge is 0.586 e. The molecular formula is C12H16F2N2O4S. The van der Waals surface area contributed by atoms with Gasteiger partial charge in [-0.15, -0.1) is 8.78 Å². The first-order chi connectivity index (χ1) is 9.81. The summed E-state index contributed by atoms with van der Waals surface area (Å²) in [5, 5.41) is 3.02. The average Bonchev–Trinajstić information content (AvgIpc) is 2.67. The molecule has 0 spiro atoms. The van der Waals surface area contributed by atoms with Crippen LogP contribution in [0.5, 0.6) is 11.5 Å². The van der Waals surface area contributed by atoms with Crippen LogP contribution in [0.3, 0.4) is 0 Å². The van der Waals surface area contributed by atoms with E-state index < -0.39 is 16.3 Å². The number of anilines is 1. The second-order valence-corrected chi connectivity index (χ2v) is 6.30. The van der Waals surface area contributed by atoms with E-state index in [0.29, 0.717) is 13.0 Å². The second kappa shape index (κ2) is 6.02. The third-order valence-electron chi connectivity index (χ3n) is 2.69. The number of rotatable bonds is 7. The lowest BCUT2D eigenvalue weighted by atomic mass is 10.3. The minimum Gasteiger partial charge on any atom is -0.395 e. The molecular weight excluding hydrogens is 306 g/mol. The van der Waals surface area contributed by atoms with E-state index in [9.17, 15) is 17.2 Å². The number of ether oxygens (including phenoxy) is 2. The first kappa shape index (κ1) is 15.8. The number of fused-ring (bicyclic) bond motifs is 1. The summed E-state index contributed by atoms with van der Waals surface area (Å²) in [4.78, 5) is 0. The maximum absolute atomic E-state index is 12.9. The van der Waals surface area contributed by atoms with Gasteiger partial charge in [-0.2, -0.15) is 0 Å². The lowest BCUT2D eigenvalue weighted by Gasteiger charge is -2.08. The standard InChI is InChI=1S/C12H16F2N2O4S/c1-2-15-6-3-7-21(17,18)16-9-4-5-10-11(8-9)20-12(13,14)19-10/h4-5,8,15-16H,2-3,6-7H2,1H3. The van der Waals surface area contributed by atoms with Crippen molar-refractivity contribution in [1.29, 1.82) is 0 Å². The van der Waals surface area contributed by atoms with Gasteiger partial charge in [-0.3, -0.25) is 4.72 Å². The zero-order chi connectivity index (χ0) is 15.5. The quantitative estimate of drug-likeness (QED) is 0.748. The summed E-state index contributed by atoms with van der Waals surface area (Å²) in [6, 6.07) is 3.73. The van der Waals surface area contributed by atoms with E-state index in [-0.39, 0.29) is 22.9 Å². The van der Waals surface area contributed by atoms with Gasteiger partial charge in [0.1, 0.15) is 0 Å². The lowest BCUT2D eigenvalue weighted by Crippen LogP contribution is -2.25. The van der Waals surface area contributed by atoms with Crippen LogP contribution in [-0.4, -0.2) is 33.6 Å². The zero-order valence-corrected chi connectivity index (χ0v) is 12.2. The van der Waals surface area contributed by atoms with E-state index in [0.717, 1.165) is 12.6 Å². The molecule has 0 bridgehead atoms. The number of benzene rings is 1. The number of alkyl halides is 2. The summed E-state index contributed by atoms with van der Waals surface area (Å²) >= 11 is 0. The van der Waals surface area contributed by atoms with Crippen molar-refractivity contribution in [1.82, 2.24) is 5.32 Å². The van der Waals surface area contributed by atoms with E-state index >= 15 is 0 Å². The Balaban J connectivity index is 1.98. The minimum absolute atomic E-state index is 0.0649. The highest BCUT2D eigenvalue weighted by molar-refractivity contribution is 7.92. The number of hydrogen-bond donors (Lipinski definition) is 2. The number of nitrogens with one attached hydrogen (secondary N) is 2. The summed E-state index contributed by atoms with van der Waals surface area (Å²) in [5.74, 6) is -0.395. The highest BCUT2D eigenvalue weighted by atomic mass is 32.2. The van der Waals surface area contributed by atoms with E-state index in [2.05, 4.69) is 19.5 Å². The van der Waals surface area contributed by atoms with Crippen LogP contribution >= 0.6 is 0 Å². The van der Waals surface area contributed by atoms with E-state index in [1.165, 1.54) is 12.1 Å². The first-order valence-corrected chi connectivity index (χ1v) is 8.08. The number of halogens is 2. The predicted octanol–water partition coefficient (Wildman–Crippen LogP) is 1.75. The molecule has 9 heteroatoms. The molecule has 1 aromatic rings. The zero-order valence-electron chi connectivity index (χ0n) is 11.4. The smallest absolute Gasteiger partial charge is 0.395 e. The summed E-state index contributed by atoms with van der Waals surface area (Å²) < 4.78 is 60.2. The Kier molecular flexibility index (Phi) is 4.52. The maximum Gasteiger partial charge on any atom is 0.586 e. The van der Waals surface area contributed by atoms with Crippen LogP contribution in [0.1, 0.15) is 13.3 Å². The maximum atomic E-state index is 12.9. The van der Waals surface area contributed by atoms with Crippen molar-refractivity contribution < 1.29 is 26.7 Å². The fraction of sp³-hybridized carbons (Fsp3) is 0.500. The monoisotopic (exact) mass is 322 g/mol. The molecule has 0 radical (unpaired) electrons. The van der Waals surface area contributed by atoms with Gasteiger partial charge in [0, 0.05) is 6.07 Å². The minimum atomic E-state index is -3.72. The van der Waals surface area contributed by atoms with Crippen molar-refractivity contribution in [2.24, 2.45) is 0 Å². The van der Waals surface area contributed by atoms with Crippen LogP contribution in [0, 0.1) is 0 Å². The molecule has 21 heavy (non-hydrogen) atoms. The van der Waals surface area contributed by atoms with Crippen molar-refractivity contribution in [2.75, 3.05) is 23.6 Å². The Labute approximate surface area is 121 Å². The van der Waals surface area contributed by atoms with Crippen molar-refractivity contribution in [3.8, 4) is 11.5 Å². The molecule has 0 unspecified atom stereocenters. The average molecular weight is 322 g/mol. The van der Waals surface area contributed by atoms with Gasteiger partial charge in [-0.05, 0) is 31.6 Å². The fourth-order valence-electron chi connectivity index (χ4n) is 1.81. The van der Waals surface area contributed by atoms with Crippen LogP contribution in [0.2, 0.25) is 0 Å². The van der Waals surface area contributed by atoms with Gasteiger partial charge in [0.2, 0.25) is 10.0 Å². The van der Waals surface area contributed by atoms with Crippen molar-refractivity contribution in [3.63, 3.8) is 0 Å². The van der Waals surface area contributed by atoms with E-state index in [4.69, 9.17) is 0 Å². The fourth-order valence-corrected chi connectivity index (χ4v) is 2.92. The van der Waals surface area contributed by atoms with Gasteiger partial charge in [-0.25, -0.2) is 8.42 Å². The van der Waals surface area contributed by atoms with Gasteiger partial charge < -0.3 is 14.8 Å². The first-order valence-electron chi connectivity index (χ1n) is 6.42. The SMILES string of the molecule is CCNCCCS(=O)(=O)Nc1ccc2c(c1)OC(F)(F)O2. The molecule has 0 saturated carbocycles. The second-order valence-electron chi connectivity index (χ2n) is 4.46. The highest BCUT2D eigenvalue weighted by Crippen LogP contribution is 2.42. The Bertz CT molecular complexity index is 607. The molecule has 6 nitrogen and oxygen atoms in total. The Morgan fingerprint density at radius 1 is 1.24 bits per heavy atom. The Morgan fingerprint density at radius 3 is 2.67 bits per heavy atom. The molecule has 0 atom stereocenters. The molecule has 2 N–H and O–H groups in total. The summed E-state index contributed by atoms with van der Waals surface area (Å²) in [7, 11) is -3.54. The molecule has 0 aromatic heterocycles. The van der Waals surface area contributed by atoms with Crippen molar-refractivity contribution in [2.45, 2.75) is 19.6 Å². The van der Waals surface area contributed by atoms with Crippen LogP contribution < -0.4 is 19.5 Å². The molecule has 118 valence electrons. The molecule has 0 amide bonds. The molecule has 2 rings (SSSR count). The van der Waals surface area contributed by atoms with Crippen molar-refractivity contribution in [3.05, 3.63) is 18.2 Å². The van der Waals surface area contributed by atoms with Crippen LogP contribution in [0.4, 0.5) is 14.5 Å². The van der Waals surface area contributed by atoms with Gasteiger partial charge in [0.15, 0.2) is 11.5 Å². The Hall–Kier alpha value is -1.61. The molecule has 0 fully saturated rings. The summed E-state index contributed by atoms with van der Waals surface area (Å²) in [6.45, 7) is 3.28. The number of sulfonamides is 1. The molecule has 0 saturated heterocycles. The van der Waals surface area contributed by atoms with E-state index in [1.807, 2.05) is 6.92 Å². The Morgan fingerprint density at radius 2 is 1.95 bits per heavy atom. The van der Waals surface area contributed by atoms with Gasteiger partial charge in [-0.1, -0.05) is 6.92 Å². The summed E-state index contributed by atoms with van der Waals surface area (Å²) in [5.41, 5.74) is 0.151. The van der Waals surface area contributed by atoms with Gasteiger partial charge in [0.25, 0.3) is 0 Å².